The zero-order valence-electron chi connectivity index (χ0n) is 11.6. The van der Waals surface area contributed by atoms with E-state index in [-0.39, 0.29) is 6.42 Å². The van der Waals surface area contributed by atoms with Gasteiger partial charge in [-0.25, -0.2) is 4.79 Å². The van der Waals surface area contributed by atoms with Crippen LogP contribution in [-0.4, -0.2) is 34.7 Å². The van der Waals surface area contributed by atoms with E-state index in [1.165, 1.54) is 16.2 Å². The van der Waals surface area contributed by atoms with Gasteiger partial charge in [0.1, 0.15) is 5.60 Å². The zero-order chi connectivity index (χ0) is 14.6. The van der Waals surface area contributed by atoms with Gasteiger partial charge in [-0.15, -0.1) is 11.3 Å². The van der Waals surface area contributed by atoms with Crippen LogP contribution < -0.4 is 0 Å². The van der Waals surface area contributed by atoms with Crippen LogP contribution in [-0.2, 0) is 22.5 Å². The van der Waals surface area contributed by atoms with Crippen molar-refractivity contribution >= 4 is 23.4 Å². The molecule has 0 saturated carbocycles. The third-order valence-electron chi connectivity index (χ3n) is 2.26. The van der Waals surface area contributed by atoms with E-state index in [1.54, 1.807) is 27.8 Å². The number of hydrogen-bond donors (Lipinski definition) is 1. The molecule has 0 aliphatic rings. The summed E-state index contributed by atoms with van der Waals surface area (Å²) in [6.07, 6.45) is -0.435. The molecule has 0 aliphatic carbocycles. The number of nitrogens with zero attached hydrogens (tertiary/aromatic N) is 1. The van der Waals surface area contributed by atoms with Crippen LogP contribution in [0.5, 0.6) is 0 Å². The molecule has 0 aromatic carbocycles. The van der Waals surface area contributed by atoms with Crippen molar-refractivity contribution in [1.29, 1.82) is 0 Å². The minimum absolute atomic E-state index is 0.0187. The summed E-state index contributed by atoms with van der Waals surface area (Å²) in [5, 5.41) is 10.6. The van der Waals surface area contributed by atoms with Gasteiger partial charge in [0.25, 0.3) is 0 Å². The quantitative estimate of drug-likeness (QED) is 0.923. The van der Waals surface area contributed by atoms with Crippen molar-refractivity contribution in [3.8, 4) is 0 Å². The third-order valence-corrected chi connectivity index (χ3v) is 3.23. The van der Waals surface area contributed by atoms with E-state index in [9.17, 15) is 9.59 Å². The van der Waals surface area contributed by atoms with Crippen LogP contribution in [0.4, 0.5) is 4.79 Å². The molecular weight excluding hydrogens is 266 g/mol. The molecule has 0 aliphatic heterocycles. The van der Waals surface area contributed by atoms with E-state index in [4.69, 9.17) is 9.84 Å². The predicted octanol–water partition coefficient (Wildman–Crippen LogP) is 2.74. The van der Waals surface area contributed by atoms with Gasteiger partial charge in [-0.05, 0) is 37.8 Å². The van der Waals surface area contributed by atoms with Crippen molar-refractivity contribution in [2.45, 2.75) is 39.3 Å². The van der Waals surface area contributed by atoms with E-state index in [2.05, 4.69) is 0 Å². The van der Waals surface area contributed by atoms with Crippen LogP contribution in [0.15, 0.2) is 11.4 Å². The summed E-state index contributed by atoms with van der Waals surface area (Å²) in [5.74, 6) is -0.872. The van der Waals surface area contributed by atoms with Crippen LogP contribution in [0.1, 0.15) is 31.2 Å². The van der Waals surface area contributed by atoms with Gasteiger partial charge >= 0.3 is 12.1 Å². The normalized spacial score (nSPS) is 11.2. The first kappa shape index (κ1) is 15.5. The number of thiophene rings is 1. The third kappa shape index (κ3) is 5.30. The lowest BCUT2D eigenvalue weighted by molar-refractivity contribution is -0.136. The maximum atomic E-state index is 11.8. The molecule has 0 spiro atoms. The molecule has 1 N–H and O–H groups in total. The fourth-order valence-corrected chi connectivity index (χ4v) is 2.35. The SMILES string of the molecule is CN(Cc1ccsc1CC(=O)O)C(=O)OC(C)(C)C. The summed E-state index contributed by atoms with van der Waals surface area (Å²) in [6, 6.07) is 1.84. The lowest BCUT2D eigenvalue weighted by Crippen LogP contribution is -2.33. The number of amides is 1. The predicted molar refractivity (Wildman–Crippen MR) is 73.4 cm³/mol. The molecule has 0 saturated heterocycles. The Kier molecular flexibility index (Phi) is 4.94. The second-order valence-corrected chi connectivity index (χ2v) is 6.28. The highest BCUT2D eigenvalue weighted by Gasteiger charge is 2.20. The number of hydrogen-bond acceptors (Lipinski definition) is 4. The molecule has 0 bridgehead atoms. The highest BCUT2D eigenvalue weighted by Crippen LogP contribution is 2.20. The summed E-state index contributed by atoms with van der Waals surface area (Å²) >= 11 is 1.39. The molecule has 0 atom stereocenters. The maximum Gasteiger partial charge on any atom is 0.410 e. The van der Waals surface area contributed by atoms with E-state index in [0.29, 0.717) is 6.54 Å². The summed E-state index contributed by atoms with van der Waals surface area (Å²) < 4.78 is 5.24. The average Bonchev–Trinajstić information content (AvgIpc) is 2.62. The van der Waals surface area contributed by atoms with E-state index in [0.717, 1.165) is 10.4 Å². The van der Waals surface area contributed by atoms with Crippen molar-refractivity contribution in [1.82, 2.24) is 4.90 Å². The highest BCUT2D eigenvalue weighted by molar-refractivity contribution is 7.10. The summed E-state index contributed by atoms with van der Waals surface area (Å²) in [7, 11) is 1.64. The number of carbonyl (C=O) groups is 2. The van der Waals surface area contributed by atoms with Crippen molar-refractivity contribution in [2.75, 3.05) is 7.05 Å². The number of carboxylic acid groups (broad SMARTS) is 1. The second kappa shape index (κ2) is 6.06. The topological polar surface area (TPSA) is 66.8 Å². The Hall–Kier alpha value is -1.56. The molecule has 106 valence electrons. The molecule has 1 aromatic heterocycles. The van der Waals surface area contributed by atoms with Crippen LogP contribution in [0, 0.1) is 0 Å². The summed E-state index contributed by atoms with van der Waals surface area (Å²) in [4.78, 5) is 24.7. The first-order valence-electron chi connectivity index (χ1n) is 5.90. The van der Waals surface area contributed by atoms with E-state index >= 15 is 0 Å². The molecule has 1 rings (SSSR count). The fraction of sp³-hybridized carbons (Fsp3) is 0.538. The second-order valence-electron chi connectivity index (χ2n) is 5.28. The summed E-state index contributed by atoms with van der Waals surface area (Å²) in [6.45, 7) is 5.76. The number of carbonyl (C=O) groups excluding carboxylic acids is 1. The molecule has 0 fully saturated rings. The smallest absolute Gasteiger partial charge is 0.410 e. The number of ether oxygens (including phenoxy) is 1. The van der Waals surface area contributed by atoms with Gasteiger partial charge < -0.3 is 14.7 Å². The number of carboxylic acids is 1. The molecule has 1 amide bonds. The van der Waals surface area contributed by atoms with Crippen molar-refractivity contribution in [3.05, 3.63) is 21.9 Å². The monoisotopic (exact) mass is 285 g/mol. The average molecular weight is 285 g/mol. The Balaban J connectivity index is 2.66. The number of aliphatic carboxylic acids is 1. The van der Waals surface area contributed by atoms with E-state index < -0.39 is 17.7 Å². The van der Waals surface area contributed by atoms with Crippen molar-refractivity contribution < 1.29 is 19.4 Å². The molecule has 0 unspecified atom stereocenters. The van der Waals surface area contributed by atoms with Crippen molar-refractivity contribution in [2.24, 2.45) is 0 Å². The molecule has 5 nitrogen and oxygen atoms in total. The summed E-state index contributed by atoms with van der Waals surface area (Å²) in [5.41, 5.74) is 0.310. The van der Waals surface area contributed by atoms with Crippen LogP contribution in [0.2, 0.25) is 0 Å². The largest absolute Gasteiger partial charge is 0.481 e. The standard InChI is InChI=1S/C13H19NO4S/c1-13(2,3)18-12(17)14(4)8-9-5-6-19-10(9)7-11(15)16/h5-6H,7-8H2,1-4H3,(H,15,16). The Bertz CT molecular complexity index is 461. The fourth-order valence-electron chi connectivity index (χ4n) is 1.46. The Morgan fingerprint density at radius 1 is 1.42 bits per heavy atom. The van der Waals surface area contributed by atoms with Gasteiger partial charge in [0.05, 0.1) is 6.42 Å². The lowest BCUT2D eigenvalue weighted by Gasteiger charge is -2.24. The minimum atomic E-state index is -0.872. The van der Waals surface area contributed by atoms with Crippen LogP contribution >= 0.6 is 11.3 Å². The Morgan fingerprint density at radius 3 is 2.58 bits per heavy atom. The van der Waals surface area contributed by atoms with Gasteiger partial charge in [0, 0.05) is 18.5 Å². The lowest BCUT2D eigenvalue weighted by atomic mass is 10.2. The van der Waals surface area contributed by atoms with E-state index in [1.807, 2.05) is 11.4 Å². The molecule has 19 heavy (non-hydrogen) atoms. The zero-order valence-corrected chi connectivity index (χ0v) is 12.4. The van der Waals surface area contributed by atoms with Gasteiger partial charge in [0.2, 0.25) is 0 Å². The molecule has 1 heterocycles. The molecule has 1 aromatic rings. The first-order valence-corrected chi connectivity index (χ1v) is 6.78. The first-order chi connectivity index (χ1) is 8.69. The minimum Gasteiger partial charge on any atom is -0.481 e. The van der Waals surface area contributed by atoms with Crippen LogP contribution in [0.25, 0.3) is 0 Å². The van der Waals surface area contributed by atoms with Gasteiger partial charge in [-0.3, -0.25) is 4.79 Å². The van der Waals surface area contributed by atoms with Gasteiger partial charge in [-0.1, -0.05) is 0 Å². The maximum absolute atomic E-state index is 11.8. The van der Waals surface area contributed by atoms with Crippen molar-refractivity contribution in [3.63, 3.8) is 0 Å². The Morgan fingerprint density at radius 2 is 2.05 bits per heavy atom. The molecule has 0 radical (unpaired) electrons. The Labute approximate surface area is 116 Å². The van der Waals surface area contributed by atoms with Gasteiger partial charge in [0.15, 0.2) is 0 Å². The van der Waals surface area contributed by atoms with Gasteiger partial charge in [-0.2, -0.15) is 0 Å². The molecular formula is C13H19NO4S. The highest BCUT2D eigenvalue weighted by atomic mass is 32.1. The van der Waals surface area contributed by atoms with Crippen LogP contribution in [0.3, 0.4) is 0 Å². The number of rotatable bonds is 4. The molecule has 6 heteroatoms.